The Bertz CT molecular complexity index is 1290. The number of aromatic carboxylic acids is 1. The maximum atomic E-state index is 13.1. The van der Waals surface area contributed by atoms with E-state index in [-0.39, 0.29) is 35.0 Å². The number of fused-ring (bicyclic) bond motifs is 1. The van der Waals surface area contributed by atoms with Gasteiger partial charge in [-0.25, -0.2) is 0 Å². The van der Waals surface area contributed by atoms with Crippen molar-refractivity contribution in [2.45, 2.75) is 6.61 Å². The molecule has 0 spiro atoms. The van der Waals surface area contributed by atoms with E-state index in [4.69, 9.17) is 36.8 Å². The lowest BCUT2D eigenvalue weighted by Crippen LogP contribution is -2.21. The molecule has 0 aliphatic rings. The van der Waals surface area contributed by atoms with Gasteiger partial charge < -0.3 is 23.5 Å². The molecule has 0 fully saturated rings. The molecule has 0 N–H and O–H groups in total. The number of furan rings is 1. The Morgan fingerprint density at radius 3 is 2.55 bits per heavy atom. The first-order chi connectivity index (χ1) is 13.9. The minimum absolute atomic E-state index is 0.0979. The molecule has 0 bridgehead atoms. The van der Waals surface area contributed by atoms with Gasteiger partial charge in [-0.2, -0.15) is 0 Å². The Hall–Kier alpha value is -3.22. The average Bonchev–Trinajstić information content (AvgIpc) is 3.17. The third-order valence-electron chi connectivity index (χ3n) is 4.15. The van der Waals surface area contributed by atoms with E-state index in [1.807, 2.05) is 0 Å². The van der Waals surface area contributed by atoms with Gasteiger partial charge in [-0.05, 0) is 42.5 Å². The summed E-state index contributed by atoms with van der Waals surface area (Å²) in [6.07, 6.45) is 0. The van der Waals surface area contributed by atoms with Crippen molar-refractivity contribution in [3.63, 3.8) is 0 Å². The zero-order valence-corrected chi connectivity index (χ0v) is 16.1. The summed E-state index contributed by atoms with van der Waals surface area (Å²) in [5.74, 6) is -1.55. The molecular formula is C21H11Cl2O6-. The van der Waals surface area contributed by atoms with E-state index >= 15 is 0 Å². The van der Waals surface area contributed by atoms with Gasteiger partial charge in [0.2, 0.25) is 11.2 Å². The van der Waals surface area contributed by atoms with E-state index in [0.29, 0.717) is 21.2 Å². The fourth-order valence-corrected chi connectivity index (χ4v) is 3.21. The van der Waals surface area contributed by atoms with Crippen LogP contribution in [0.2, 0.25) is 10.0 Å². The summed E-state index contributed by atoms with van der Waals surface area (Å²) in [5, 5.41) is 11.8. The second kappa shape index (κ2) is 7.66. The van der Waals surface area contributed by atoms with Crippen molar-refractivity contribution in [1.29, 1.82) is 0 Å². The number of halogens is 2. The SMILES string of the molecule is O=C([O-])c1ccc(COc2c(-c3ccccc3Cl)oc3ccc(Cl)cc3c2=O)o1. The molecule has 0 saturated carbocycles. The zero-order chi connectivity index (χ0) is 20.5. The summed E-state index contributed by atoms with van der Waals surface area (Å²) in [7, 11) is 0. The largest absolute Gasteiger partial charge is 0.542 e. The van der Waals surface area contributed by atoms with Gasteiger partial charge in [-0.15, -0.1) is 0 Å². The van der Waals surface area contributed by atoms with Crippen LogP contribution in [0.25, 0.3) is 22.3 Å². The minimum atomic E-state index is -1.45. The summed E-state index contributed by atoms with van der Waals surface area (Å²) in [6.45, 7) is -0.207. The van der Waals surface area contributed by atoms with E-state index in [0.717, 1.165) is 0 Å². The number of carboxylic acids is 1. The highest BCUT2D eigenvalue weighted by Gasteiger charge is 2.20. The van der Waals surface area contributed by atoms with Gasteiger partial charge in [0, 0.05) is 10.6 Å². The number of carbonyl (C=O) groups excluding carboxylic acids is 1. The summed E-state index contributed by atoms with van der Waals surface area (Å²) in [6, 6.07) is 14.2. The topological polar surface area (TPSA) is 92.7 Å². The maximum Gasteiger partial charge on any atom is 0.235 e. The van der Waals surface area contributed by atoms with Crippen molar-refractivity contribution >= 4 is 40.1 Å². The molecule has 0 atom stereocenters. The first-order valence-corrected chi connectivity index (χ1v) is 9.14. The molecule has 0 aliphatic carbocycles. The number of rotatable bonds is 5. The van der Waals surface area contributed by atoms with Crippen molar-refractivity contribution in [2.24, 2.45) is 0 Å². The average molecular weight is 430 g/mol. The molecule has 4 aromatic rings. The first kappa shape index (κ1) is 19.1. The standard InChI is InChI=1S/C21H12Cl2O6/c22-11-5-7-16-14(9-11)18(24)20(19(29-16)13-3-1-2-4-15(13)23)27-10-12-6-8-17(28-12)21(25)26/h1-9H,10H2,(H,25,26)/p-1. The molecule has 146 valence electrons. The second-order valence-corrected chi connectivity index (χ2v) is 6.90. The molecule has 4 rings (SSSR count). The molecule has 8 heteroatoms. The number of ether oxygens (including phenoxy) is 1. The smallest absolute Gasteiger partial charge is 0.235 e. The molecule has 0 radical (unpaired) electrons. The third-order valence-corrected chi connectivity index (χ3v) is 4.72. The first-order valence-electron chi connectivity index (χ1n) is 8.38. The Morgan fingerprint density at radius 1 is 1.03 bits per heavy atom. The lowest BCUT2D eigenvalue weighted by atomic mass is 10.1. The summed E-state index contributed by atoms with van der Waals surface area (Å²) < 4.78 is 16.7. The zero-order valence-electron chi connectivity index (χ0n) is 14.6. The van der Waals surface area contributed by atoms with Crippen LogP contribution in [-0.2, 0) is 6.61 Å². The number of hydrogen-bond acceptors (Lipinski definition) is 6. The molecule has 0 aliphatic heterocycles. The van der Waals surface area contributed by atoms with Gasteiger partial charge in [0.15, 0.2) is 5.76 Å². The fraction of sp³-hybridized carbons (Fsp3) is 0.0476. The van der Waals surface area contributed by atoms with E-state index < -0.39 is 11.4 Å². The molecule has 29 heavy (non-hydrogen) atoms. The van der Waals surface area contributed by atoms with Crippen LogP contribution in [0.3, 0.4) is 0 Å². The van der Waals surface area contributed by atoms with Gasteiger partial charge in [0.25, 0.3) is 0 Å². The normalized spacial score (nSPS) is 11.0. The third kappa shape index (κ3) is 3.72. The van der Waals surface area contributed by atoms with E-state index in [1.165, 1.54) is 18.2 Å². The molecule has 2 aromatic carbocycles. The Kier molecular flexibility index (Phi) is 5.05. The van der Waals surface area contributed by atoms with Gasteiger partial charge in [0.1, 0.15) is 29.7 Å². The maximum absolute atomic E-state index is 13.1. The summed E-state index contributed by atoms with van der Waals surface area (Å²) >= 11 is 12.3. The highest BCUT2D eigenvalue weighted by Crippen LogP contribution is 2.36. The fourth-order valence-electron chi connectivity index (χ4n) is 2.81. The van der Waals surface area contributed by atoms with Crippen molar-refractivity contribution < 1.29 is 23.5 Å². The van der Waals surface area contributed by atoms with Gasteiger partial charge in [-0.1, -0.05) is 35.3 Å². The lowest BCUT2D eigenvalue weighted by molar-refractivity contribution is -0.257. The van der Waals surface area contributed by atoms with Crippen LogP contribution in [0, 0.1) is 0 Å². The van der Waals surface area contributed by atoms with Crippen LogP contribution in [0.4, 0.5) is 0 Å². The molecular weight excluding hydrogens is 419 g/mol. The number of carboxylic acid groups (broad SMARTS) is 1. The molecule has 0 amide bonds. The van der Waals surface area contributed by atoms with Crippen LogP contribution >= 0.6 is 23.2 Å². The lowest BCUT2D eigenvalue weighted by Gasteiger charge is -2.12. The highest BCUT2D eigenvalue weighted by atomic mass is 35.5. The summed E-state index contributed by atoms with van der Waals surface area (Å²) in [4.78, 5) is 24.0. The van der Waals surface area contributed by atoms with Crippen molar-refractivity contribution in [3.05, 3.63) is 86.4 Å². The van der Waals surface area contributed by atoms with E-state index in [9.17, 15) is 14.7 Å². The van der Waals surface area contributed by atoms with Crippen LogP contribution < -0.4 is 15.3 Å². The quantitative estimate of drug-likeness (QED) is 0.469. The Morgan fingerprint density at radius 2 is 1.83 bits per heavy atom. The van der Waals surface area contributed by atoms with Crippen molar-refractivity contribution in [2.75, 3.05) is 0 Å². The highest BCUT2D eigenvalue weighted by molar-refractivity contribution is 6.33. The molecule has 6 nitrogen and oxygen atoms in total. The summed E-state index contributed by atoms with van der Waals surface area (Å²) in [5.41, 5.74) is 0.335. The number of carbonyl (C=O) groups is 1. The minimum Gasteiger partial charge on any atom is -0.542 e. The van der Waals surface area contributed by atoms with Crippen molar-refractivity contribution in [3.8, 4) is 17.1 Å². The predicted octanol–water partition coefficient (Wildman–Crippen LogP) is 4.30. The van der Waals surface area contributed by atoms with E-state index in [1.54, 1.807) is 36.4 Å². The van der Waals surface area contributed by atoms with Crippen LogP contribution in [0.5, 0.6) is 5.75 Å². The molecule has 2 heterocycles. The molecule has 2 aromatic heterocycles. The van der Waals surface area contributed by atoms with Crippen LogP contribution in [-0.4, -0.2) is 5.97 Å². The van der Waals surface area contributed by atoms with E-state index in [2.05, 4.69) is 0 Å². The van der Waals surface area contributed by atoms with Gasteiger partial charge >= 0.3 is 0 Å². The molecule has 0 saturated heterocycles. The Labute approximate surface area is 173 Å². The molecule has 0 unspecified atom stereocenters. The van der Waals surface area contributed by atoms with Gasteiger partial charge in [-0.3, -0.25) is 4.79 Å². The van der Waals surface area contributed by atoms with Gasteiger partial charge in [0.05, 0.1) is 10.4 Å². The van der Waals surface area contributed by atoms with Crippen molar-refractivity contribution in [1.82, 2.24) is 0 Å². The Balaban J connectivity index is 1.84. The monoisotopic (exact) mass is 429 g/mol. The second-order valence-electron chi connectivity index (χ2n) is 6.05. The van der Waals surface area contributed by atoms with Crippen LogP contribution in [0.1, 0.15) is 16.3 Å². The predicted molar refractivity (Wildman–Crippen MR) is 105 cm³/mol. The van der Waals surface area contributed by atoms with Crippen LogP contribution in [0.15, 0.2) is 68.2 Å². The number of hydrogen-bond donors (Lipinski definition) is 0. The number of benzene rings is 2.